The number of aryl methyl sites for hydroxylation is 1. The Balaban J connectivity index is 2.50. The standard InChI is InChI=1S/C17H29N3O2/c1-12-7-8-13(18)14(11-12)20-17(5,6)9-10-19-15(21)22-16(2,3)4/h7-8,11,20H,9-10,18H2,1-6H3,(H,19,21). The van der Waals surface area contributed by atoms with Crippen molar-refractivity contribution in [3.63, 3.8) is 0 Å². The van der Waals surface area contributed by atoms with Crippen LogP contribution in [-0.2, 0) is 4.74 Å². The molecule has 1 aromatic rings. The lowest BCUT2D eigenvalue weighted by atomic mass is 9.99. The van der Waals surface area contributed by atoms with Crippen molar-refractivity contribution in [1.82, 2.24) is 5.32 Å². The Kier molecular flexibility index (Phi) is 5.69. The van der Waals surface area contributed by atoms with Gasteiger partial charge in [-0.3, -0.25) is 0 Å². The predicted octanol–water partition coefficient (Wildman–Crippen LogP) is 3.68. The van der Waals surface area contributed by atoms with E-state index in [1.807, 2.05) is 45.9 Å². The summed E-state index contributed by atoms with van der Waals surface area (Å²) in [6.45, 7) is 12.2. The number of amides is 1. The lowest BCUT2D eigenvalue weighted by molar-refractivity contribution is 0.0525. The van der Waals surface area contributed by atoms with Crippen molar-refractivity contribution in [2.24, 2.45) is 0 Å². The summed E-state index contributed by atoms with van der Waals surface area (Å²) in [5.41, 5.74) is 8.11. The van der Waals surface area contributed by atoms with Gasteiger partial charge in [-0.05, 0) is 65.7 Å². The SMILES string of the molecule is Cc1ccc(N)c(NC(C)(C)CCNC(=O)OC(C)(C)C)c1. The Morgan fingerprint density at radius 1 is 1.23 bits per heavy atom. The summed E-state index contributed by atoms with van der Waals surface area (Å²) in [4.78, 5) is 11.6. The normalized spacial score (nSPS) is 11.9. The maximum Gasteiger partial charge on any atom is 0.407 e. The molecule has 1 aromatic carbocycles. The molecular formula is C17H29N3O2. The number of benzene rings is 1. The van der Waals surface area contributed by atoms with Crippen LogP contribution in [0.3, 0.4) is 0 Å². The lowest BCUT2D eigenvalue weighted by Gasteiger charge is -2.29. The van der Waals surface area contributed by atoms with Crippen LogP contribution in [0.25, 0.3) is 0 Å². The molecule has 0 bridgehead atoms. The Morgan fingerprint density at radius 2 is 1.86 bits per heavy atom. The van der Waals surface area contributed by atoms with E-state index in [0.717, 1.165) is 23.4 Å². The number of ether oxygens (including phenoxy) is 1. The number of carbonyl (C=O) groups is 1. The van der Waals surface area contributed by atoms with Crippen molar-refractivity contribution in [2.45, 2.75) is 59.1 Å². The van der Waals surface area contributed by atoms with E-state index >= 15 is 0 Å². The van der Waals surface area contributed by atoms with Crippen molar-refractivity contribution >= 4 is 17.5 Å². The number of hydrogen-bond donors (Lipinski definition) is 3. The van der Waals surface area contributed by atoms with Crippen LogP contribution in [0, 0.1) is 6.92 Å². The molecule has 0 aliphatic rings. The van der Waals surface area contributed by atoms with Crippen LogP contribution in [-0.4, -0.2) is 23.8 Å². The summed E-state index contributed by atoms with van der Waals surface area (Å²) in [6, 6.07) is 5.91. The molecule has 1 amide bonds. The monoisotopic (exact) mass is 307 g/mol. The first-order valence-corrected chi connectivity index (χ1v) is 7.60. The van der Waals surface area contributed by atoms with E-state index in [2.05, 4.69) is 24.5 Å². The van der Waals surface area contributed by atoms with E-state index in [1.165, 1.54) is 0 Å². The minimum atomic E-state index is -0.478. The largest absolute Gasteiger partial charge is 0.444 e. The Bertz CT molecular complexity index is 519. The number of anilines is 2. The van der Waals surface area contributed by atoms with Crippen molar-refractivity contribution in [1.29, 1.82) is 0 Å². The molecule has 0 aliphatic heterocycles. The maximum absolute atomic E-state index is 11.6. The summed E-state index contributed by atoms with van der Waals surface area (Å²) in [6.07, 6.45) is 0.359. The average Bonchev–Trinajstić information content (AvgIpc) is 2.30. The maximum atomic E-state index is 11.6. The summed E-state index contributed by atoms with van der Waals surface area (Å²) in [5.74, 6) is 0. The zero-order valence-electron chi connectivity index (χ0n) is 14.5. The van der Waals surface area contributed by atoms with Gasteiger partial charge in [0.25, 0.3) is 0 Å². The molecule has 0 aromatic heterocycles. The molecule has 0 radical (unpaired) electrons. The average molecular weight is 307 g/mol. The number of nitrogens with one attached hydrogen (secondary N) is 2. The van der Waals surface area contributed by atoms with Crippen molar-refractivity contribution in [2.75, 3.05) is 17.6 Å². The summed E-state index contributed by atoms with van der Waals surface area (Å²) in [7, 11) is 0. The molecule has 0 spiro atoms. The third-order valence-corrected chi connectivity index (χ3v) is 3.10. The number of alkyl carbamates (subject to hydrolysis) is 1. The van der Waals surface area contributed by atoms with E-state index in [-0.39, 0.29) is 5.54 Å². The molecule has 5 heteroatoms. The van der Waals surface area contributed by atoms with E-state index in [0.29, 0.717) is 6.54 Å². The highest BCUT2D eigenvalue weighted by Crippen LogP contribution is 2.24. The van der Waals surface area contributed by atoms with Gasteiger partial charge in [-0.2, -0.15) is 0 Å². The molecule has 0 fully saturated rings. The topological polar surface area (TPSA) is 76.4 Å². The van der Waals surface area contributed by atoms with Gasteiger partial charge in [0.2, 0.25) is 0 Å². The summed E-state index contributed by atoms with van der Waals surface area (Å²) in [5, 5.41) is 6.21. The van der Waals surface area contributed by atoms with Crippen LogP contribution in [0.4, 0.5) is 16.2 Å². The molecule has 0 aliphatic carbocycles. The van der Waals surface area contributed by atoms with E-state index < -0.39 is 11.7 Å². The van der Waals surface area contributed by atoms with Gasteiger partial charge in [0.05, 0.1) is 11.4 Å². The molecule has 0 saturated heterocycles. The van der Waals surface area contributed by atoms with Gasteiger partial charge in [-0.25, -0.2) is 4.79 Å². The second-order valence-corrected chi connectivity index (χ2v) is 7.28. The van der Waals surface area contributed by atoms with Crippen LogP contribution < -0.4 is 16.4 Å². The molecule has 4 N–H and O–H groups in total. The Hall–Kier alpha value is -1.91. The Morgan fingerprint density at radius 3 is 2.45 bits per heavy atom. The molecule has 0 atom stereocenters. The minimum absolute atomic E-state index is 0.197. The second kappa shape index (κ2) is 6.90. The number of nitrogens with two attached hydrogens (primary N) is 1. The van der Waals surface area contributed by atoms with Gasteiger partial charge in [0.1, 0.15) is 5.60 Å². The number of rotatable bonds is 5. The molecule has 1 rings (SSSR count). The first-order valence-electron chi connectivity index (χ1n) is 7.60. The van der Waals surface area contributed by atoms with Crippen molar-refractivity contribution < 1.29 is 9.53 Å². The third-order valence-electron chi connectivity index (χ3n) is 3.10. The minimum Gasteiger partial charge on any atom is -0.444 e. The molecule has 0 unspecified atom stereocenters. The molecule has 22 heavy (non-hydrogen) atoms. The van der Waals surface area contributed by atoms with Gasteiger partial charge in [-0.1, -0.05) is 6.07 Å². The van der Waals surface area contributed by atoms with Crippen LogP contribution in [0.1, 0.15) is 46.6 Å². The van der Waals surface area contributed by atoms with E-state index in [1.54, 1.807) is 0 Å². The van der Waals surface area contributed by atoms with Crippen molar-refractivity contribution in [3.05, 3.63) is 23.8 Å². The van der Waals surface area contributed by atoms with Gasteiger partial charge in [0, 0.05) is 12.1 Å². The predicted molar refractivity (Wildman–Crippen MR) is 92.1 cm³/mol. The highest BCUT2D eigenvalue weighted by molar-refractivity contribution is 5.68. The highest BCUT2D eigenvalue weighted by Gasteiger charge is 2.20. The van der Waals surface area contributed by atoms with Gasteiger partial charge < -0.3 is 21.1 Å². The fourth-order valence-corrected chi connectivity index (χ4v) is 2.00. The summed E-state index contributed by atoms with van der Waals surface area (Å²) < 4.78 is 5.22. The van der Waals surface area contributed by atoms with E-state index in [9.17, 15) is 4.79 Å². The third kappa shape index (κ3) is 6.70. The quantitative estimate of drug-likeness (QED) is 0.725. The zero-order chi connectivity index (χ0) is 17.0. The van der Waals surface area contributed by atoms with Gasteiger partial charge in [0.15, 0.2) is 0 Å². The number of carbonyl (C=O) groups excluding carboxylic acids is 1. The molecule has 124 valence electrons. The number of hydrogen-bond acceptors (Lipinski definition) is 4. The first kappa shape index (κ1) is 18.1. The molecule has 5 nitrogen and oxygen atoms in total. The fraction of sp³-hybridized carbons (Fsp3) is 0.588. The summed E-state index contributed by atoms with van der Waals surface area (Å²) >= 11 is 0. The first-order chi connectivity index (χ1) is 9.98. The molecule has 0 saturated carbocycles. The second-order valence-electron chi connectivity index (χ2n) is 7.28. The van der Waals surface area contributed by atoms with E-state index in [4.69, 9.17) is 10.5 Å². The van der Waals surface area contributed by atoms with Crippen LogP contribution in [0.2, 0.25) is 0 Å². The van der Waals surface area contributed by atoms with Crippen LogP contribution in [0.5, 0.6) is 0 Å². The fourth-order valence-electron chi connectivity index (χ4n) is 2.00. The van der Waals surface area contributed by atoms with Gasteiger partial charge in [-0.15, -0.1) is 0 Å². The van der Waals surface area contributed by atoms with Crippen LogP contribution in [0.15, 0.2) is 18.2 Å². The smallest absolute Gasteiger partial charge is 0.407 e. The highest BCUT2D eigenvalue weighted by atomic mass is 16.6. The molecule has 0 heterocycles. The number of nitrogen functional groups attached to an aromatic ring is 1. The van der Waals surface area contributed by atoms with Crippen molar-refractivity contribution in [3.8, 4) is 0 Å². The lowest BCUT2D eigenvalue weighted by Crippen LogP contribution is -2.38. The van der Waals surface area contributed by atoms with Crippen LogP contribution >= 0.6 is 0 Å². The molecular weight excluding hydrogens is 278 g/mol. The Labute approximate surface area is 133 Å². The van der Waals surface area contributed by atoms with Gasteiger partial charge >= 0.3 is 6.09 Å². The zero-order valence-corrected chi connectivity index (χ0v) is 14.5.